The van der Waals surface area contributed by atoms with Crippen LogP contribution in [-0.4, -0.2) is 16.5 Å². The number of thioether (sulfide) groups is 1. The number of benzene rings is 1. The molecular formula is C12H16F2OS. The molecule has 0 saturated carbocycles. The molecular weight excluding hydrogens is 230 g/mol. The van der Waals surface area contributed by atoms with E-state index in [-0.39, 0.29) is 4.90 Å². The normalized spacial score (nSPS) is 11.8. The van der Waals surface area contributed by atoms with Crippen molar-refractivity contribution < 1.29 is 13.9 Å². The molecule has 1 rings (SSSR count). The quantitative estimate of drug-likeness (QED) is 0.801. The molecule has 0 bridgehead atoms. The Morgan fingerprint density at radius 3 is 2.44 bits per heavy atom. The molecule has 0 saturated heterocycles. The van der Waals surface area contributed by atoms with Gasteiger partial charge in [-0.3, -0.25) is 0 Å². The Hall–Kier alpha value is -0.610. The highest BCUT2D eigenvalue weighted by molar-refractivity contribution is 7.99. The van der Waals surface area contributed by atoms with Gasteiger partial charge in [-0.05, 0) is 31.0 Å². The molecule has 1 nitrogen and oxygen atoms in total. The first-order chi connectivity index (χ1) is 7.50. The Kier molecular flexibility index (Phi) is 4.74. The number of hydrogen-bond acceptors (Lipinski definition) is 2. The van der Waals surface area contributed by atoms with Gasteiger partial charge >= 0.3 is 0 Å². The zero-order valence-electron chi connectivity index (χ0n) is 9.46. The highest BCUT2D eigenvalue weighted by atomic mass is 32.2. The van der Waals surface area contributed by atoms with Gasteiger partial charge in [-0.1, -0.05) is 13.8 Å². The van der Waals surface area contributed by atoms with Crippen LogP contribution in [-0.2, 0) is 0 Å². The van der Waals surface area contributed by atoms with E-state index in [0.29, 0.717) is 18.6 Å². The first kappa shape index (κ1) is 13.5. The van der Waals surface area contributed by atoms with Crippen LogP contribution < -0.4 is 0 Å². The molecule has 1 aromatic carbocycles. The van der Waals surface area contributed by atoms with Crippen molar-refractivity contribution in [3.05, 3.63) is 29.8 Å². The van der Waals surface area contributed by atoms with Crippen molar-refractivity contribution in [2.75, 3.05) is 5.75 Å². The van der Waals surface area contributed by atoms with Crippen molar-refractivity contribution >= 4 is 11.8 Å². The summed E-state index contributed by atoms with van der Waals surface area (Å²) in [5.74, 6) is -0.526. The minimum Gasteiger partial charge on any atom is -0.389 e. The maximum atomic E-state index is 13.3. The molecule has 90 valence electrons. The third-order valence-corrected chi connectivity index (χ3v) is 4.01. The van der Waals surface area contributed by atoms with Gasteiger partial charge in [0.15, 0.2) is 0 Å². The fourth-order valence-electron chi connectivity index (χ4n) is 1.25. The van der Waals surface area contributed by atoms with Gasteiger partial charge in [-0.2, -0.15) is 0 Å². The number of aliphatic hydroxyl groups is 1. The Bertz CT molecular complexity index is 351. The minimum atomic E-state index is -0.802. The lowest BCUT2D eigenvalue weighted by Crippen LogP contribution is -2.29. The van der Waals surface area contributed by atoms with Gasteiger partial charge in [0.05, 0.1) is 5.60 Å². The lowest BCUT2D eigenvalue weighted by atomic mass is 10.0. The van der Waals surface area contributed by atoms with Crippen LogP contribution in [0.5, 0.6) is 0 Å². The van der Waals surface area contributed by atoms with E-state index in [9.17, 15) is 13.9 Å². The van der Waals surface area contributed by atoms with Gasteiger partial charge in [0.25, 0.3) is 0 Å². The molecule has 0 aromatic heterocycles. The summed E-state index contributed by atoms with van der Waals surface area (Å²) in [6, 6.07) is 3.35. The first-order valence-corrected chi connectivity index (χ1v) is 6.29. The van der Waals surface area contributed by atoms with Gasteiger partial charge in [0.1, 0.15) is 11.6 Å². The van der Waals surface area contributed by atoms with E-state index in [1.807, 2.05) is 13.8 Å². The number of halogens is 2. The lowest BCUT2D eigenvalue weighted by Gasteiger charge is -2.24. The van der Waals surface area contributed by atoms with Crippen LogP contribution in [0.2, 0.25) is 0 Å². The second-order valence-corrected chi connectivity index (χ2v) is 4.81. The number of hydrogen-bond donors (Lipinski definition) is 1. The Labute approximate surface area is 98.9 Å². The van der Waals surface area contributed by atoms with Gasteiger partial charge in [0.2, 0.25) is 0 Å². The van der Waals surface area contributed by atoms with Gasteiger partial charge in [-0.25, -0.2) is 8.78 Å². The zero-order valence-corrected chi connectivity index (χ0v) is 10.3. The van der Waals surface area contributed by atoms with Crippen molar-refractivity contribution in [3.8, 4) is 0 Å². The average Bonchev–Trinajstić information content (AvgIpc) is 2.30. The zero-order chi connectivity index (χ0) is 12.2. The fraction of sp³-hybridized carbons (Fsp3) is 0.500. The van der Waals surface area contributed by atoms with Crippen LogP contribution in [0.25, 0.3) is 0 Å². The van der Waals surface area contributed by atoms with Crippen LogP contribution in [0.1, 0.15) is 26.7 Å². The molecule has 0 radical (unpaired) electrons. The van der Waals surface area contributed by atoms with E-state index >= 15 is 0 Å². The maximum Gasteiger partial charge on any atom is 0.136 e. The van der Waals surface area contributed by atoms with Crippen LogP contribution >= 0.6 is 11.8 Å². The SMILES string of the molecule is CCC(O)(CC)CSc1cc(F)ccc1F. The van der Waals surface area contributed by atoms with Crippen molar-refractivity contribution in [1.29, 1.82) is 0 Å². The molecule has 0 heterocycles. The molecule has 0 atom stereocenters. The second kappa shape index (κ2) is 5.64. The minimum absolute atomic E-state index is 0.250. The highest BCUT2D eigenvalue weighted by Gasteiger charge is 2.22. The van der Waals surface area contributed by atoms with Crippen molar-refractivity contribution in [2.24, 2.45) is 0 Å². The third kappa shape index (κ3) is 3.46. The molecule has 0 spiro atoms. The molecule has 0 aliphatic carbocycles. The van der Waals surface area contributed by atoms with Crippen molar-refractivity contribution in [2.45, 2.75) is 37.2 Å². The molecule has 0 aliphatic rings. The molecule has 0 amide bonds. The van der Waals surface area contributed by atoms with Crippen LogP contribution in [0, 0.1) is 11.6 Å². The van der Waals surface area contributed by atoms with E-state index in [4.69, 9.17) is 0 Å². The van der Waals surface area contributed by atoms with Crippen molar-refractivity contribution in [3.63, 3.8) is 0 Å². The topological polar surface area (TPSA) is 20.2 Å². The highest BCUT2D eigenvalue weighted by Crippen LogP contribution is 2.28. The Morgan fingerprint density at radius 1 is 1.25 bits per heavy atom. The predicted molar refractivity (Wildman–Crippen MR) is 62.6 cm³/mol. The molecule has 16 heavy (non-hydrogen) atoms. The standard InChI is InChI=1S/C12H16F2OS/c1-3-12(15,4-2)8-16-11-7-9(13)5-6-10(11)14/h5-7,15H,3-4,8H2,1-2H3. The molecule has 0 fully saturated rings. The molecule has 1 aromatic rings. The van der Waals surface area contributed by atoms with Crippen LogP contribution in [0.4, 0.5) is 8.78 Å². The van der Waals surface area contributed by atoms with Gasteiger partial charge in [-0.15, -0.1) is 11.8 Å². The van der Waals surface area contributed by atoms with E-state index < -0.39 is 17.2 Å². The Morgan fingerprint density at radius 2 is 1.88 bits per heavy atom. The van der Waals surface area contributed by atoms with E-state index in [2.05, 4.69) is 0 Å². The summed E-state index contributed by atoms with van der Waals surface area (Å²) >= 11 is 1.15. The summed E-state index contributed by atoms with van der Waals surface area (Å²) in [7, 11) is 0. The summed E-state index contributed by atoms with van der Waals surface area (Å²) in [6.07, 6.45) is 1.21. The summed E-state index contributed by atoms with van der Waals surface area (Å²) in [4.78, 5) is 0.250. The summed E-state index contributed by atoms with van der Waals surface area (Å²) in [5, 5.41) is 10.0. The molecule has 0 aliphatic heterocycles. The third-order valence-electron chi connectivity index (χ3n) is 2.71. The molecule has 4 heteroatoms. The van der Waals surface area contributed by atoms with E-state index in [0.717, 1.165) is 30.0 Å². The predicted octanol–water partition coefficient (Wildman–Crippen LogP) is 3.61. The largest absolute Gasteiger partial charge is 0.389 e. The summed E-state index contributed by atoms with van der Waals surface area (Å²) < 4.78 is 26.2. The number of rotatable bonds is 5. The van der Waals surface area contributed by atoms with Gasteiger partial charge in [0, 0.05) is 10.6 Å². The monoisotopic (exact) mass is 246 g/mol. The van der Waals surface area contributed by atoms with Crippen molar-refractivity contribution in [1.82, 2.24) is 0 Å². The summed E-state index contributed by atoms with van der Waals surface area (Å²) in [5.41, 5.74) is -0.802. The van der Waals surface area contributed by atoms with Crippen LogP contribution in [0.3, 0.4) is 0 Å². The fourth-order valence-corrected chi connectivity index (χ4v) is 2.49. The van der Waals surface area contributed by atoms with Gasteiger partial charge < -0.3 is 5.11 Å². The van der Waals surface area contributed by atoms with Crippen LogP contribution in [0.15, 0.2) is 23.1 Å². The summed E-state index contributed by atoms with van der Waals surface area (Å²) in [6.45, 7) is 3.76. The first-order valence-electron chi connectivity index (χ1n) is 5.31. The van der Waals surface area contributed by atoms with E-state index in [1.165, 1.54) is 0 Å². The molecule has 0 unspecified atom stereocenters. The van der Waals surface area contributed by atoms with E-state index in [1.54, 1.807) is 0 Å². The maximum absolute atomic E-state index is 13.3. The smallest absolute Gasteiger partial charge is 0.136 e. The Balaban J connectivity index is 2.70. The molecule has 1 N–H and O–H groups in total. The lowest BCUT2D eigenvalue weighted by molar-refractivity contribution is 0.0571. The average molecular weight is 246 g/mol. The second-order valence-electron chi connectivity index (χ2n) is 3.79.